The Labute approximate surface area is 117 Å². The molecule has 2 unspecified atom stereocenters. The van der Waals surface area contributed by atoms with Crippen molar-refractivity contribution in [2.24, 2.45) is 5.92 Å². The molecular formula is C13H10BrIO. The van der Waals surface area contributed by atoms with Crippen molar-refractivity contribution < 1.29 is 4.74 Å². The van der Waals surface area contributed by atoms with E-state index in [0.717, 1.165) is 10.2 Å². The van der Waals surface area contributed by atoms with Crippen molar-refractivity contribution in [1.82, 2.24) is 0 Å². The Balaban J connectivity index is 2.21. The van der Waals surface area contributed by atoms with Crippen molar-refractivity contribution in [3.05, 3.63) is 44.0 Å². The standard InChI is InChI=1S/C13H10BrIO/c1-7-2-4-10(14)12-9-6-8(15)3-5-11(9)16-13(7)12/h2-7,13H,1H3. The van der Waals surface area contributed by atoms with Crippen molar-refractivity contribution >= 4 is 44.1 Å². The lowest BCUT2D eigenvalue weighted by molar-refractivity contribution is 0.235. The molecule has 1 aliphatic carbocycles. The first-order chi connectivity index (χ1) is 7.66. The minimum atomic E-state index is 0.174. The van der Waals surface area contributed by atoms with E-state index in [9.17, 15) is 0 Å². The summed E-state index contributed by atoms with van der Waals surface area (Å²) in [6.45, 7) is 2.19. The third-order valence-corrected chi connectivity index (χ3v) is 4.41. The molecule has 2 aliphatic rings. The number of hydrogen-bond donors (Lipinski definition) is 0. The fourth-order valence-electron chi connectivity index (χ4n) is 2.23. The van der Waals surface area contributed by atoms with E-state index in [0.29, 0.717) is 5.92 Å². The molecule has 1 heterocycles. The fraction of sp³-hybridized carbons (Fsp3) is 0.231. The van der Waals surface area contributed by atoms with E-state index in [4.69, 9.17) is 4.74 Å². The Morgan fingerprint density at radius 1 is 1.38 bits per heavy atom. The Kier molecular flexibility index (Phi) is 2.63. The molecule has 0 spiro atoms. The average Bonchev–Trinajstić information content (AvgIpc) is 2.63. The van der Waals surface area contributed by atoms with E-state index in [-0.39, 0.29) is 6.10 Å². The molecule has 3 heteroatoms. The van der Waals surface area contributed by atoms with Gasteiger partial charge in [-0.3, -0.25) is 0 Å². The third kappa shape index (κ3) is 1.56. The Morgan fingerprint density at radius 2 is 2.19 bits per heavy atom. The maximum absolute atomic E-state index is 6.01. The highest BCUT2D eigenvalue weighted by Gasteiger charge is 2.35. The molecule has 16 heavy (non-hydrogen) atoms. The van der Waals surface area contributed by atoms with Gasteiger partial charge in [0.25, 0.3) is 0 Å². The van der Waals surface area contributed by atoms with Gasteiger partial charge in [-0.25, -0.2) is 0 Å². The summed E-state index contributed by atoms with van der Waals surface area (Å²) in [5.41, 5.74) is 2.53. The number of rotatable bonds is 0. The summed E-state index contributed by atoms with van der Waals surface area (Å²) >= 11 is 5.97. The predicted molar refractivity (Wildman–Crippen MR) is 77.7 cm³/mol. The molecule has 1 nitrogen and oxygen atoms in total. The second-order valence-corrected chi connectivity index (χ2v) is 6.26. The quantitative estimate of drug-likeness (QED) is 0.600. The molecule has 1 aliphatic heterocycles. The van der Waals surface area contributed by atoms with Gasteiger partial charge in [-0.05, 0) is 40.8 Å². The number of benzene rings is 1. The van der Waals surface area contributed by atoms with Gasteiger partial charge < -0.3 is 4.74 Å². The van der Waals surface area contributed by atoms with Crippen LogP contribution in [-0.2, 0) is 0 Å². The molecule has 0 N–H and O–H groups in total. The van der Waals surface area contributed by atoms with Gasteiger partial charge in [0, 0.05) is 25.1 Å². The Morgan fingerprint density at radius 3 is 3.00 bits per heavy atom. The molecule has 0 radical (unpaired) electrons. The van der Waals surface area contributed by atoms with E-state index in [1.165, 1.54) is 14.7 Å². The second kappa shape index (κ2) is 3.88. The van der Waals surface area contributed by atoms with Crippen molar-refractivity contribution in [1.29, 1.82) is 0 Å². The molecular weight excluding hydrogens is 379 g/mol. The molecule has 1 aromatic carbocycles. The number of allylic oxidation sites excluding steroid dienone is 2. The van der Waals surface area contributed by atoms with E-state index < -0.39 is 0 Å². The van der Waals surface area contributed by atoms with Crippen molar-refractivity contribution in [3.8, 4) is 5.75 Å². The molecule has 0 aromatic heterocycles. The lowest BCUT2D eigenvalue weighted by Gasteiger charge is -2.21. The van der Waals surface area contributed by atoms with E-state index in [1.54, 1.807) is 0 Å². The first kappa shape index (κ1) is 10.8. The predicted octanol–water partition coefficient (Wildman–Crippen LogP) is 4.36. The highest BCUT2D eigenvalue weighted by atomic mass is 127. The summed E-state index contributed by atoms with van der Waals surface area (Å²) in [6.07, 6.45) is 4.50. The topological polar surface area (TPSA) is 9.23 Å². The van der Waals surface area contributed by atoms with Crippen LogP contribution in [0.15, 0.2) is 34.8 Å². The molecule has 82 valence electrons. The molecule has 0 saturated carbocycles. The van der Waals surface area contributed by atoms with E-state index in [1.807, 2.05) is 0 Å². The van der Waals surface area contributed by atoms with E-state index >= 15 is 0 Å². The largest absolute Gasteiger partial charge is 0.484 e. The minimum absolute atomic E-state index is 0.174. The van der Waals surface area contributed by atoms with Crippen LogP contribution in [0.2, 0.25) is 0 Å². The summed E-state index contributed by atoms with van der Waals surface area (Å²) in [5, 5.41) is 0. The number of hydrogen-bond acceptors (Lipinski definition) is 1. The van der Waals surface area contributed by atoms with Gasteiger partial charge >= 0.3 is 0 Å². The number of fused-ring (bicyclic) bond motifs is 3. The van der Waals surface area contributed by atoms with Crippen LogP contribution < -0.4 is 4.74 Å². The first-order valence-corrected chi connectivity index (χ1v) is 7.08. The van der Waals surface area contributed by atoms with Gasteiger partial charge in [-0.15, -0.1) is 0 Å². The van der Waals surface area contributed by atoms with Crippen LogP contribution in [0.1, 0.15) is 12.5 Å². The lowest BCUT2D eigenvalue weighted by atomic mass is 9.90. The maximum atomic E-state index is 6.01. The number of ether oxygens (including phenoxy) is 1. The van der Waals surface area contributed by atoms with Crippen LogP contribution >= 0.6 is 38.5 Å². The zero-order chi connectivity index (χ0) is 11.3. The van der Waals surface area contributed by atoms with Crippen molar-refractivity contribution in [3.63, 3.8) is 0 Å². The third-order valence-electron chi connectivity index (χ3n) is 3.05. The summed E-state index contributed by atoms with van der Waals surface area (Å²) in [4.78, 5) is 0. The molecule has 0 fully saturated rings. The molecule has 1 aromatic rings. The van der Waals surface area contributed by atoms with Gasteiger partial charge in [0.1, 0.15) is 11.9 Å². The van der Waals surface area contributed by atoms with Crippen LogP contribution in [0, 0.1) is 9.49 Å². The zero-order valence-corrected chi connectivity index (χ0v) is 12.4. The second-order valence-electron chi connectivity index (χ2n) is 4.16. The van der Waals surface area contributed by atoms with Gasteiger partial charge in [0.05, 0.1) is 0 Å². The summed E-state index contributed by atoms with van der Waals surface area (Å²) in [6, 6.07) is 6.34. The van der Waals surface area contributed by atoms with Crippen molar-refractivity contribution in [2.45, 2.75) is 13.0 Å². The van der Waals surface area contributed by atoms with Crippen LogP contribution in [0.5, 0.6) is 5.75 Å². The smallest absolute Gasteiger partial charge is 0.132 e. The Bertz CT molecular complexity index is 519. The van der Waals surface area contributed by atoms with Crippen LogP contribution in [0.3, 0.4) is 0 Å². The Hall–Kier alpha value is -0.290. The van der Waals surface area contributed by atoms with Gasteiger partial charge in [0.2, 0.25) is 0 Å². The van der Waals surface area contributed by atoms with Crippen LogP contribution in [-0.4, -0.2) is 6.10 Å². The lowest BCUT2D eigenvalue weighted by Crippen LogP contribution is -2.22. The van der Waals surface area contributed by atoms with Crippen LogP contribution in [0.4, 0.5) is 0 Å². The van der Waals surface area contributed by atoms with Gasteiger partial charge in [0.15, 0.2) is 0 Å². The highest BCUT2D eigenvalue weighted by molar-refractivity contribution is 14.1. The molecule has 0 amide bonds. The van der Waals surface area contributed by atoms with Crippen molar-refractivity contribution in [2.75, 3.05) is 0 Å². The molecule has 3 rings (SSSR count). The minimum Gasteiger partial charge on any atom is -0.484 e. The monoisotopic (exact) mass is 388 g/mol. The molecule has 2 atom stereocenters. The average molecular weight is 389 g/mol. The van der Waals surface area contributed by atoms with Crippen LogP contribution in [0.25, 0.3) is 5.57 Å². The maximum Gasteiger partial charge on any atom is 0.132 e. The first-order valence-electron chi connectivity index (χ1n) is 5.21. The van der Waals surface area contributed by atoms with E-state index in [2.05, 4.69) is 75.8 Å². The van der Waals surface area contributed by atoms with Gasteiger partial charge in [-0.2, -0.15) is 0 Å². The molecule has 0 bridgehead atoms. The summed E-state index contributed by atoms with van der Waals surface area (Å²) in [7, 11) is 0. The SMILES string of the molecule is CC1C=CC(Br)=C2c3cc(I)ccc3OC21. The number of halogens is 2. The normalized spacial score (nSPS) is 26.4. The zero-order valence-electron chi connectivity index (χ0n) is 8.71. The molecule has 0 saturated heterocycles. The highest BCUT2D eigenvalue weighted by Crippen LogP contribution is 2.46. The fourth-order valence-corrected chi connectivity index (χ4v) is 3.31. The summed E-state index contributed by atoms with van der Waals surface area (Å²) in [5.74, 6) is 1.44. The summed E-state index contributed by atoms with van der Waals surface area (Å²) < 4.78 is 8.40. The van der Waals surface area contributed by atoms with Gasteiger partial charge in [-0.1, -0.05) is 35.0 Å².